The third-order valence-corrected chi connectivity index (χ3v) is 4.17. The van der Waals surface area contributed by atoms with Crippen LogP contribution in [-0.2, 0) is 5.41 Å². The molecule has 0 aliphatic carbocycles. The molecule has 3 heteroatoms. The molecule has 0 bridgehead atoms. The highest BCUT2D eigenvalue weighted by molar-refractivity contribution is 6.21. The third kappa shape index (κ3) is 2.79. The van der Waals surface area contributed by atoms with Crippen LogP contribution in [0.2, 0.25) is 0 Å². The highest BCUT2D eigenvalue weighted by atomic mass is 35.5. The first-order chi connectivity index (χ1) is 8.93. The molecular formula is C16H15ClF2. The zero-order valence-electron chi connectivity index (χ0n) is 10.8. The Morgan fingerprint density at radius 3 is 2.21 bits per heavy atom. The molecule has 0 N–H and O–H groups in total. The smallest absolute Gasteiger partial charge is 0.130 e. The fourth-order valence-corrected chi connectivity index (χ4v) is 2.41. The molecule has 0 aliphatic rings. The van der Waals surface area contributed by atoms with Gasteiger partial charge in [-0.3, -0.25) is 0 Å². The van der Waals surface area contributed by atoms with Crippen molar-refractivity contribution < 1.29 is 8.78 Å². The van der Waals surface area contributed by atoms with Gasteiger partial charge in [0, 0.05) is 17.0 Å². The van der Waals surface area contributed by atoms with Crippen molar-refractivity contribution in [3.05, 3.63) is 71.3 Å². The largest absolute Gasteiger partial charge is 0.207 e. The molecule has 0 aliphatic heterocycles. The van der Waals surface area contributed by atoms with E-state index in [4.69, 9.17) is 11.6 Å². The molecule has 0 heterocycles. The molecule has 0 amide bonds. The molecule has 19 heavy (non-hydrogen) atoms. The monoisotopic (exact) mass is 280 g/mol. The van der Waals surface area contributed by atoms with Gasteiger partial charge in [-0.15, -0.1) is 11.6 Å². The molecule has 0 spiro atoms. The first-order valence-electron chi connectivity index (χ1n) is 6.07. The average molecular weight is 281 g/mol. The van der Waals surface area contributed by atoms with Gasteiger partial charge in [0.15, 0.2) is 0 Å². The lowest BCUT2D eigenvalue weighted by Gasteiger charge is -2.31. The highest BCUT2D eigenvalue weighted by Gasteiger charge is 2.32. The molecule has 0 aromatic heterocycles. The molecule has 2 aromatic carbocycles. The average Bonchev–Trinajstić information content (AvgIpc) is 2.39. The van der Waals surface area contributed by atoms with Crippen LogP contribution < -0.4 is 0 Å². The van der Waals surface area contributed by atoms with E-state index in [9.17, 15) is 8.78 Å². The van der Waals surface area contributed by atoms with Crippen LogP contribution >= 0.6 is 11.6 Å². The molecule has 100 valence electrons. The number of hydrogen-bond acceptors (Lipinski definition) is 0. The SMILES string of the molecule is CC(C)(c1ccccc1)C(Cl)c1ccc(F)cc1F. The summed E-state index contributed by atoms with van der Waals surface area (Å²) in [5.74, 6) is -1.20. The number of hydrogen-bond donors (Lipinski definition) is 0. The van der Waals surface area contributed by atoms with Crippen LogP contribution in [0.4, 0.5) is 8.78 Å². The topological polar surface area (TPSA) is 0 Å². The van der Waals surface area contributed by atoms with E-state index in [0.717, 1.165) is 11.6 Å². The highest BCUT2D eigenvalue weighted by Crippen LogP contribution is 2.42. The zero-order chi connectivity index (χ0) is 14.0. The zero-order valence-corrected chi connectivity index (χ0v) is 11.6. The minimum atomic E-state index is -0.607. The third-order valence-electron chi connectivity index (χ3n) is 3.39. The van der Waals surface area contributed by atoms with Gasteiger partial charge in [0.05, 0.1) is 5.38 Å². The Morgan fingerprint density at radius 1 is 1.00 bits per heavy atom. The summed E-state index contributed by atoms with van der Waals surface area (Å²) in [5.41, 5.74) is 0.872. The standard InChI is InChI=1S/C16H15ClF2/c1-16(2,11-6-4-3-5-7-11)15(17)13-9-8-12(18)10-14(13)19/h3-10,15H,1-2H3. The van der Waals surface area contributed by atoms with E-state index in [1.807, 2.05) is 44.2 Å². The van der Waals surface area contributed by atoms with Crippen LogP contribution in [0.3, 0.4) is 0 Å². The second-order valence-electron chi connectivity index (χ2n) is 5.12. The van der Waals surface area contributed by atoms with Gasteiger partial charge in [-0.1, -0.05) is 50.2 Å². The van der Waals surface area contributed by atoms with Crippen LogP contribution in [0, 0.1) is 11.6 Å². The lowest BCUT2D eigenvalue weighted by atomic mass is 9.78. The molecule has 0 fully saturated rings. The molecule has 0 saturated heterocycles. The van der Waals surface area contributed by atoms with Crippen molar-refractivity contribution in [3.63, 3.8) is 0 Å². The maximum Gasteiger partial charge on any atom is 0.130 e. The molecule has 0 nitrogen and oxygen atoms in total. The molecule has 1 atom stereocenters. The summed E-state index contributed by atoms with van der Waals surface area (Å²) in [5, 5.41) is -0.574. The molecule has 0 radical (unpaired) electrons. The molecule has 2 aromatic rings. The molecule has 0 saturated carbocycles. The minimum absolute atomic E-state index is 0.317. The van der Waals surface area contributed by atoms with E-state index in [-0.39, 0.29) is 0 Å². The van der Waals surface area contributed by atoms with Crippen molar-refractivity contribution in [3.8, 4) is 0 Å². The second kappa shape index (κ2) is 5.30. The summed E-state index contributed by atoms with van der Waals surface area (Å²) in [7, 11) is 0. The lowest BCUT2D eigenvalue weighted by Crippen LogP contribution is -2.24. The summed E-state index contributed by atoms with van der Waals surface area (Å²) >= 11 is 6.43. The van der Waals surface area contributed by atoms with Crippen LogP contribution in [-0.4, -0.2) is 0 Å². The van der Waals surface area contributed by atoms with E-state index >= 15 is 0 Å². The Balaban J connectivity index is 2.40. The number of halogens is 3. The van der Waals surface area contributed by atoms with Crippen LogP contribution in [0.15, 0.2) is 48.5 Å². The predicted octanol–water partition coefficient (Wildman–Crippen LogP) is 5.22. The molecular weight excluding hydrogens is 266 g/mol. The van der Waals surface area contributed by atoms with Crippen molar-refractivity contribution in [2.45, 2.75) is 24.6 Å². The van der Waals surface area contributed by atoms with Crippen molar-refractivity contribution >= 4 is 11.6 Å². The summed E-state index contributed by atoms with van der Waals surface area (Å²) in [6.45, 7) is 3.89. The Morgan fingerprint density at radius 2 is 1.63 bits per heavy atom. The lowest BCUT2D eigenvalue weighted by molar-refractivity contribution is 0.481. The van der Waals surface area contributed by atoms with E-state index in [2.05, 4.69) is 0 Å². The predicted molar refractivity (Wildman–Crippen MR) is 74.4 cm³/mol. The number of alkyl halides is 1. The maximum atomic E-state index is 13.8. The Bertz CT molecular complexity index is 564. The Hall–Kier alpha value is -1.41. The normalized spacial score (nSPS) is 13.3. The second-order valence-corrected chi connectivity index (χ2v) is 5.55. The van der Waals surface area contributed by atoms with Crippen LogP contribution in [0.5, 0.6) is 0 Å². The first kappa shape index (κ1) is 14.0. The summed E-state index contributed by atoms with van der Waals surface area (Å²) in [4.78, 5) is 0. The summed E-state index contributed by atoms with van der Waals surface area (Å²) in [6, 6.07) is 13.2. The minimum Gasteiger partial charge on any atom is -0.207 e. The van der Waals surface area contributed by atoms with Crippen LogP contribution in [0.1, 0.15) is 30.4 Å². The molecule has 2 rings (SSSR count). The van der Waals surface area contributed by atoms with Gasteiger partial charge in [0.25, 0.3) is 0 Å². The maximum absolute atomic E-state index is 13.8. The number of rotatable bonds is 3. The van der Waals surface area contributed by atoms with Gasteiger partial charge in [0.1, 0.15) is 11.6 Å². The summed E-state index contributed by atoms with van der Waals surface area (Å²) < 4.78 is 26.8. The van der Waals surface area contributed by atoms with E-state index in [1.165, 1.54) is 12.1 Å². The van der Waals surface area contributed by atoms with Gasteiger partial charge in [-0.05, 0) is 11.6 Å². The summed E-state index contributed by atoms with van der Waals surface area (Å²) in [6.07, 6.45) is 0. The fraction of sp³-hybridized carbons (Fsp3) is 0.250. The number of benzene rings is 2. The van der Waals surface area contributed by atoms with Crippen molar-refractivity contribution in [1.82, 2.24) is 0 Å². The first-order valence-corrected chi connectivity index (χ1v) is 6.51. The molecule has 1 unspecified atom stereocenters. The van der Waals surface area contributed by atoms with Gasteiger partial charge >= 0.3 is 0 Å². The van der Waals surface area contributed by atoms with E-state index < -0.39 is 22.4 Å². The Kier molecular flexibility index (Phi) is 3.91. The van der Waals surface area contributed by atoms with Crippen LogP contribution in [0.25, 0.3) is 0 Å². The van der Waals surface area contributed by atoms with E-state index in [1.54, 1.807) is 0 Å². The van der Waals surface area contributed by atoms with E-state index in [0.29, 0.717) is 5.56 Å². The quantitative estimate of drug-likeness (QED) is 0.676. The van der Waals surface area contributed by atoms with Crippen molar-refractivity contribution in [2.75, 3.05) is 0 Å². The van der Waals surface area contributed by atoms with Gasteiger partial charge in [0.2, 0.25) is 0 Å². The van der Waals surface area contributed by atoms with Gasteiger partial charge < -0.3 is 0 Å². The van der Waals surface area contributed by atoms with Gasteiger partial charge in [-0.2, -0.15) is 0 Å². The fourth-order valence-electron chi connectivity index (χ4n) is 2.11. The van der Waals surface area contributed by atoms with Crippen molar-refractivity contribution in [2.24, 2.45) is 0 Å². The Labute approximate surface area is 117 Å². The van der Waals surface area contributed by atoms with Crippen molar-refractivity contribution in [1.29, 1.82) is 0 Å². The van der Waals surface area contributed by atoms with Gasteiger partial charge in [-0.25, -0.2) is 8.78 Å².